The van der Waals surface area contributed by atoms with Crippen molar-refractivity contribution in [2.75, 3.05) is 0 Å². The van der Waals surface area contributed by atoms with Gasteiger partial charge in [0.25, 0.3) is 5.95 Å². The fourth-order valence-electron chi connectivity index (χ4n) is 0.950. The molecule has 0 saturated carbocycles. The Balaban J connectivity index is 2.41. The maximum absolute atomic E-state index is 5.65. The van der Waals surface area contributed by atoms with E-state index in [-0.39, 0.29) is 0 Å². The fourth-order valence-corrected chi connectivity index (χ4v) is 1.05. The lowest BCUT2D eigenvalue weighted by Crippen LogP contribution is -2.00. The van der Waals surface area contributed by atoms with Gasteiger partial charge in [0, 0.05) is 6.20 Å². The van der Waals surface area contributed by atoms with E-state index in [9.17, 15) is 0 Å². The van der Waals surface area contributed by atoms with Crippen LogP contribution in [0.2, 0.25) is 5.02 Å². The predicted molar refractivity (Wildman–Crippen MR) is 48.9 cm³/mol. The van der Waals surface area contributed by atoms with Crippen molar-refractivity contribution in [3.05, 3.63) is 35.4 Å². The summed E-state index contributed by atoms with van der Waals surface area (Å²) in [4.78, 5) is 8.04. The van der Waals surface area contributed by atoms with Gasteiger partial charge >= 0.3 is 0 Å². The second kappa shape index (κ2) is 3.14. The van der Waals surface area contributed by atoms with Crippen molar-refractivity contribution >= 4 is 11.6 Å². The molecule has 66 valence electrons. The summed E-state index contributed by atoms with van der Waals surface area (Å²) in [6.45, 7) is 1.91. The summed E-state index contributed by atoms with van der Waals surface area (Å²) in [5, 5.41) is 4.68. The van der Waals surface area contributed by atoms with Crippen LogP contribution in [-0.2, 0) is 0 Å². The van der Waals surface area contributed by atoms with Crippen molar-refractivity contribution in [1.82, 2.24) is 19.7 Å². The van der Waals surface area contributed by atoms with Gasteiger partial charge in [0.15, 0.2) is 0 Å². The van der Waals surface area contributed by atoms with Crippen LogP contribution in [0.25, 0.3) is 5.95 Å². The van der Waals surface area contributed by atoms with Crippen LogP contribution >= 0.6 is 11.6 Å². The quantitative estimate of drug-likeness (QED) is 0.693. The second-order valence-electron chi connectivity index (χ2n) is 2.60. The lowest BCUT2D eigenvalue weighted by Gasteiger charge is -1.97. The van der Waals surface area contributed by atoms with Crippen molar-refractivity contribution in [3.8, 4) is 5.95 Å². The monoisotopic (exact) mass is 194 g/mol. The van der Waals surface area contributed by atoms with Gasteiger partial charge in [-0.15, -0.1) is 0 Å². The number of halogens is 1. The molecule has 2 aromatic heterocycles. The average Bonchev–Trinajstić information content (AvgIpc) is 2.53. The molecule has 0 radical (unpaired) electrons. The third kappa shape index (κ3) is 1.67. The summed E-state index contributed by atoms with van der Waals surface area (Å²) in [7, 11) is 0. The van der Waals surface area contributed by atoms with Gasteiger partial charge in [-0.1, -0.05) is 11.6 Å². The zero-order valence-corrected chi connectivity index (χ0v) is 7.73. The average molecular weight is 195 g/mol. The molecule has 0 aromatic carbocycles. The minimum atomic E-state index is 0.521. The van der Waals surface area contributed by atoms with Gasteiger partial charge in [0.2, 0.25) is 0 Å². The van der Waals surface area contributed by atoms with Crippen molar-refractivity contribution in [3.63, 3.8) is 0 Å². The van der Waals surface area contributed by atoms with E-state index in [4.69, 9.17) is 11.6 Å². The first kappa shape index (κ1) is 8.19. The lowest BCUT2D eigenvalue weighted by atomic mass is 10.5. The molecule has 5 heteroatoms. The largest absolute Gasteiger partial charge is 0.250 e. The van der Waals surface area contributed by atoms with E-state index in [2.05, 4.69) is 15.1 Å². The number of rotatable bonds is 1. The SMILES string of the molecule is Cc1ccn(-c2ncc(Cl)cn2)n1. The Labute approximate surface area is 80.2 Å². The Hall–Kier alpha value is -1.42. The van der Waals surface area contributed by atoms with Crippen LogP contribution in [0.4, 0.5) is 0 Å². The first-order valence-corrected chi connectivity index (χ1v) is 4.14. The molecule has 0 unspecified atom stereocenters. The van der Waals surface area contributed by atoms with Gasteiger partial charge in [-0.3, -0.25) is 0 Å². The topological polar surface area (TPSA) is 43.6 Å². The van der Waals surface area contributed by atoms with Gasteiger partial charge in [-0.25, -0.2) is 14.6 Å². The molecule has 0 spiro atoms. The Morgan fingerprint density at radius 3 is 2.54 bits per heavy atom. The summed E-state index contributed by atoms with van der Waals surface area (Å²) in [6, 6.07) is 1.89. The van der Waals surface area contributed by atoms with Crippen LogP contribution in [0.5, 0.6) is 0 Å². The third-order valence-electron chi connectivity index (χ3n) is 1.53. The van der Waals surface area contributed by atoms with Gasteiger partial charge in [0.05, 0.1) is 23.1 Å². The molecule has 0 atom stereocenters. The van der Waals surface area contributed by atoms with Crippen LogP contribution in [0.3, 0.4) is 0 Å². The van der Waals surface area contributed by atoms with E-state index < -0.39 is 0 Å². The molecule has 0 amide bonds. The molecule has 2 aromatic rings. The van der Waals surface area contributed by atoms with Crippen molar-refractivity contribution in [2.24, 2.45) is 0 Å². The molecule has 0 aliphatic rings. The molecule has 0 N–H and O–H groups in total. The predicted octanol–water partition coefficient (Wildman–Crippen LogP) is 1.62. The molecule has 0 aliphatic heterocycles. The third-order valence-corrected chi connectivity index (χ3v) is 1.73. The highest BCUT2D eigenvalue weighted by Crippen LogP contribution is 2.05. The number of aryl methyl sites for hydroxylation is 1. The van der Waals surface area contributed by atoms with Crippen LogP contribution in [0.1, 0.15) is 5.69 Å². The minimum Gasteiger partial charge on any atom is -0.218 e. The fraction of sp³-hybridized carbons (Fsp3) is 0.125. The lowest BCUT2D eigenvalue weighted by molar-refractivity contribution is 0.797. The molecule has 2 rings (SSSR count). The first-order chi connectivity index (χ1) is 6.25. The molecule has 2 heterocycles. The summed E-state index contributed by atoms with van der Waals surface area (Å²) < 4.78 is 1.60. The smallest absolute Gasteiger partial charge is 0.218 e. The van der Waals surface area contributed by atoms with Crippen LogP contribution in [0, 0.1) is 6.92 Å². The van der Waals surface area contributed by atoms with Crippen molar-refractivity contribution in [2.45, 2.75) is 6.92 Å². The van der Waals surface area contributed by atoms with E-state index in [0.717, 1.165) is 5.69 Å². The number of nitrogens with zero attached hydrogens (tertiary/aromatic N) is 4. The number of hydrogen-bond acceptors (Lipinski definition) is 3. The van der Waals surface area contributed by atoms with Gasteiger partial charge in [-0.05, 0) is 13.0 Å². The van der Waals surface area contributed by atoms with Crippen molar-refractivity contribution in [1.29, 1.82) is 0 Å². The van der Waals surface area contributed by atoms with Crippen molar-refractivity contribution < 1.29 is 0 Å². The Bertz CT molecular complexity index is 406. The molecule has 0 fully saturated rings. The molecule has 0 aliphatic carbocycles. The number of hydrogen-bond donors (Lipinski definition) is 0. The standard InChI is InChI=1S/C8H7ClN4/c1-6-2-3-13(12-6)8-10-4-7(9)5-11-8/h2-5H,1H3. The summed E-state index contributed by atoms with van der Waals surface area (Å²) in [5.74, 6) is 0.525. The molecule has 0 bridgehead atoms. The summed E-state index contributed by atoms with van der Waals surface area (Å²) in [6.07, 6.45) is 4.89. The van der Waals surface area contributed by atoms with Crippen LogP contribution < -0.4 is 0 Å². The zero-order valence-electron chi connectivity index (χ0n) is 6.98. The van der Waals surface area contributed by atoms with E-state index in [1.165, 1.54) is 0 Å². The van der Waals surface area contributed by atoms with E-state index in [1.807, 2.05) is 13.0 Å². The van der Waals surface area contributed by atoms with Gasteiger partial charge < -0.3 is 0 Å². The highest BCUT2D eigenvalue weighted by molar-refractivity contribution is 6.30. The minimum absolute atomic E-state index is 0.521. The molecule has 4 nitrogen and oxygen atoms in total. The van der Waals surface area contributed by atoms with E-state index >= 15 is 0 Å². The molecular weight excluding hydrogens is 188 g/mol. The Kier molecular flexibility index (Phi) is 1.98. The number of aromatic nitrogens is 4. The summed E-state index contributed by atoms with van der Waals surface area (Å²) in [5.41, 5.74) is 0.929. The Morgan fingerprint density at radius 2 is 2.00 bits per heavy atom. The maximum Gasteiger partial charge on any atom is 0.250 e. The van der Waals surface area contributed by atoms with Crippen LogP contribution in [0.15, 0.2) is 24.7 Å². The Morgan fingerprint density at radius 1 is 1.31 bits per heavy atom. The molecule has 0 saturated heterocycles. The van der Waals surface area contributed by atoms with Gasteiger partial charge in [-0.2, -0.15) is 5.10 Å². The first-order valence-electron chi connectivity index (χ1n) is 3.76. The normalized spacial score (nSPS) is 10.3. The van der Waals surface area contributed by atoms with E-state index in [1.54, 1.807) is 23.3 Å². The highest BCUT2D eigenvalue weighted by atomic mass is 35.5. The second-order valence-corrected chi connectivity index (χ2v) is 3.04. The maximum atomic E-state index is 5.65. The summed E-state index contributed by atoms with van der Waals surface area (Å²) >= 11 is 5.65. The van der Waals surface area contributed by atoms with Crippen LogP contribution in [-0.4, -0.2) is 19.7 Å². The molecule has 13 heavy (non-hydrogen) atoms. The van der Waals surface area contributed by atoms with E-state index in [0.29, 0.717) is 11.0 Å². The molecular formula is C8H7ClN4. The van der Waals surface area contributed by atoms with Gasteiger partial charge in [0.1, 0.15) is 0 Å². The highest BCUT2D eigenvalue weighted by Gasteiger charge is 1.99. The zero-order chi connectivity index (χ0) is 9.26.